The first-order chi connectivity index (χ1) is 18.0. The first-order valence-electron chi connectivity index (χ1n) is 11.7. The Kier molecular flexibility index (Phi) is 6.73. The van der Waals surface area contributed by atoms with E-state index in [-0.39, 0.29) is 0 Å². The molecule has 6 aromatic carbocycles. The van der Waals surface area contributed by atoms with Gasteiger partial charge in [-0.3, -0.25) is 0 Å². The fourth-order valence-corrected chi connectivity index (χ4v) is 6.53. The summed E-state index contributed by atoms with van der Waals surface area (Å²) < 4.78 is 1.87. The van der Waals surface area contributed by atoms with Gasteiger partial charge in [0.15, 0.2) is 0 Å². The molecule has 0 aliphatic heterocycles. The Morgan fingerprint density at radius 2 is 0.919 bits per heavy atom. The summed E-state index contributed by atoms with van der Waals surface area (Å²) in [5, 5.41) is 5.52. The maximum absolute atomic E-state index is 7.13. The van der Waals surface area contributed by atoms with Gasteiger partial charge in [0.05, 0.1) is 27.1 Å². The molecule has 0 bridgehead atoms. The van der Waals surface area contributed by atoms with E-state index in [1.165, 1.54) is 0 Å². The lowest BCUT2D eigenvalue weighted by atomic mass is 10.0. The van der Waals surface area contributed by atoms with E-state index in [2.05, 4.69) is 110 Å². The second-order valence-corrected chi connectivity index (χ2v) is 11.2. The minimum absolute atomic E-state index is 0.561. The number of rotatable bonds is 4. The number of hydrogen-bond donors (Lipinski definition) is 0. The monoisotopic (exact) mass is 645 g/mol. The maximum Gasteiger partial charge on any atom is 0.0837 e. The van der Waals surface area contributed by atoms with Gasteiger partial charge in [-0.15, -0.1) is 0 Å². The van der Waals surface area contributed by atoms with Crippen LogP contribution in [0.2, 0.25) is 10.0 Å². The highest BCUT2D eigenvalue weighted by Crippen LogP contribution is 2.52. The fraction of sp³-hybridized carbons (Fsp3) is 0. The van der Waals surface area contributed by atoms with Crippen molar-refractivity contribution in [1.29, 1.82) is 0 Å². The van der Waals surface area contributed by atoms with Crippen molar-refractivity contribution in [2.24, 2.45) is 0 Å². The molecular weight excluding hydrogens is 629 g/mol. The molecule has 0 saturated heterocycles. The molecule has 0 aliphatic carbocycles. The third-order valence-corrected chi connectivity index (χ3v) is 8.35. The minimum Gasteiger partial charge on any atom is -0.304 e. The Balaban J connectivity index is 1.72. The lowest BCUT2D eigenvalue weighted by Gasteiger charge is -2.31. The lowest BCUT2D eigenvalue weighted by molar-refractivity contribution is 1.29. The van der Waals surface area contributed by atoms with Crippen LogP contribution in [-0.2, 0) is 0 Å². The van der Waals surface area contributed by atoms with E-state index in [0.29, 0.717) is 10.0 Å². The molecule has 0 unspecified atom stereocenters. The second-order valence-electron chi connectivity index (χ2n) is 8.72. The number of anilines is 3. The standard InChI is InChI=1S/C32H19Br2Cl2N/c33-26-16-14-21-10-4-6-12-24(21)30(26)37(31-25-13-7-5-11-22(25)15-17-27(31)34)32-28(35)18-23(19-29(32)36)20-8-2-1-3-9-20/h1-19H. The van der Waals surface area contributed by atoms with Gasteiger partial charge >= 0.3 is 0 Å². The molecule has 0 heterocycles. The van der Waals surface area contributed by atoms with E-state index in [1.54, 1.807) is 0 Å². The fourth-order valence-electron chi connectivity index (χ4n) is 4.82. The molecule has 0 aliphatic rings. The third-order valence-electron chi connectivity index (χ3n) is 6.50. The molecule has 0 fully saturated rings. The van der Waals surface area contributed by atoms with Gasteiger partial charge in [-0.1, -0.05) is 114 Å². The molecule has 0 N–H and O–H groups in total. The molecule has 0 spiro atoms. The zero-order valence-electron chi connectivity index (χ0n) is 19.4. The predicted molar refractivity (Wildman–Crippen MR) is 167 cm³/mol. The summed E-state index contributed by atoms with van der Waals surface area (Å²) in [5.41, 5.74) is 4.67. The average Bonchev–Trinajstić information content (AvgIpc) is 2.92. The van der Waals surface area contributed by atoms with Crippen LogP contribution in [0, 0.1) is 0 Å². The van der Waals surface area contributed by atoms with Gasteiger partial charge in [0.2, 0.25) is 0 Å². The molecule has 0 atom stereocenters. The van der Waals surface area contributed by atoms with E-state index < -0.39 is 0 Å². The number of halogens is 4. The summed E-state index contributed by atoms with van der Waals surface area (Å²) >= 11 is 22.0. The van der Waals surface area contributed by atoms with E-state index >= 15 is 0 Å². The van der Waals surface area contributed by atoms with Crippen molar-refractivity contribution in [2.45, 2.75) is 0 Å². The van der Waals surface area contributed by atoms with Gasteiger partial charge in [-0.05, 0) is 78.0 Å². The van der Waals surface area contributed by atoms with Crippen molar-refractivity contribution in [3.63, 3.8) is 0 Å². The van der Waals surface area contributed by atoms with E-state index in [0.717, 1.165) is 58.7 Å². The van der Waals surface area contributed by atoms with Crippen LogP contribution in [0.15, 0.2) is 124 Å². The quantitative estimate of drug-likeness (QED) is 0.184. The highest BCUT2D eigenvalue weighted by Gasteiger charge is 2.26. The van der Waals surface area contributed by atoms with Crippen LogP contribution in [0.1, 0.15) is 0 Å². The topological polar surface area (TPSA) is 3.24 Å². The summed E-state index contributed by atoms with van der Waals surface area (Å²) in [7, 11) is 0. The Labute approximate surface area is 242 Å². The summed E-state index contributed by atoms with van der Waals surface area (Å²) in [6.07, 6.45) is 0. The smallest absolute Gasteiger partial charge is 0.0837 e. The lowest BCUT2D eigenvalue weighted by Crippen LogP contribution is -2.14. The summed E-state index contributed by atoms with van der Waals surface area (Å²) in [5.74, 6) is 0. The zero-order chi connectivity index (χ0) is 25.5. The van der Waals surface area contributed by atoms with Gasteiger partial charge in [0.25, 0.3) is 0 Å². The molecule has 6 aromatic rings. The number of nitrogens with zero attached hydrogens (tertiary/aromatic N) is 1. The molecule has 37 heavy (non-hydrogen) atoms. The SMILES string of the molecule is Clc1cc(-c2ccccc2)cc(Cl)c1N(c1c(Br)ccc2ccccc12)c1c(Br)ccc2ccccc12. The number of fused-ring (bicyclic) bond motifs is 2. The van der Waals surface area contributed by atoms with Crippen molar-refractivity contribution in [1.82, 2.24) is 0 Å². The van der Waals surface area contributed by atoms with Gasteiger partial charge in [0.1, 0.15) is 0 Å². The van der Waals surface area contributed by atoms with Crippen molar-refractivity contribution in [3.05, 3.63) is 134 Å². The van der Waals surface area contributed by atoms with Crippen molar-refractivity contribution in [2.75, 3.05) is 4.90 Å². The summed E-state index contributed by atoms with van der Waals surface area (Å²) in [6.45, 7) is 0. The van der Waals surface area contributed by atoms with Crippen LogP contribution < -0.4 is 4.90 Å². The van der Waals surface area contributed by atoms with Crippen LogP contribution >= 0.6 is 55.1 Å². The first kappa shape index (κ1) is 24.5. The van der Waals surface area contributed by atoms with Crippen LogP contribution in [0.5, 0.6) is 0 Å². The molecule has 0 aromatic heterocycles. The summed E-state index contributed by atoms with van der Waals surface area (Å²) in [6, 6.07) is 39.2. The Hall–Kier alpha value is -2.82. The summed E-state index contributed by atoms with van der Waals surface area (Å²) in [4.78, 5) is 2.18. The molecule has 0 radical (unpaired) electrons. The van der Waals surface area contributed by atoms with Gasteiger partial charge in [-0.2, -0.15) is 0 Å². The Bertz CT molecular complexity index is 1680. The van der Waals surface area contributed by atoms with Crippen molar-refractivity contribution < 1.29 is 0 Å². The molecule has 5 heteroatoms. The van der Waals surface area contributed by atoms with Crippen LogP contribution in [0.4, 0.5) is 17.1 Å². The van der Waals surface area contributed by atoms with Crippen molar-refractivity contribution in [3.8, 4) is 11.1 Å². The predicted octanol–water partition coefficient (Wildman–Crippen LogP) is 12.0. The van der Waals surface area contributed by atoms with Crippen LogP contribution in [0.3, 0.4) is 0 Å². The van der Waals surface area contributed by atoms with E-state index in [1.807, 2.05) is 42.5 Å². The minimum atomic E-state index is 0.561. The normalized spacial score (nSPS) is 11.2. The van der Waals surface area contributed by atoms with E-state index in [4.69, 9.17) is 23.2 Å². The molecular formula is C32H19Br2Cl2N. The van der Waals surface area contributed by atoms with Gasteiger partial charge in [-0.25, -0.2) is 0 Å². The highest BCUT2D eigenvalue weighted by atomic mass is 79.9. The first-order valence-corrected chi connectivity index (χ1v) is 14.1. The van der Waals surface area contributed by atoms with Crippen LogP contribution in [0.25, 0.3) is 32.7 Å². The largest absolute Gasteiger partial charge is 0.304 e. The van der Waals surface area contributed by atoms with Gasteiger partial charge < -0.3 is 4.90 Å². The van der Waals surface area contributed by atoms with Crippen LogP contribution in [-0.4, -0.2) is 0 Å². The molecule has 0 amide bonds. The number of hydrogen-bond acceptors (Lipinski definition) is 1. The van der Waals surface area contributed by atoms with E-state index in [9.17, 15) is 0 Å². The molecule has 180 valence electrons. The Morgan fingerprint density at radius 1 is 0.459 bits per heavy atom. The maximum atomic E-state index is 7.13. The third kappa shape index (κ3) is 4.45. The highest BCUT2D eigenvalue weighted by molar-refractivity contribution is 9.11. The molecule has 6 rings (SSSR count). The molecule has 1 nitrogen and oxygen atoms in total. The van der Waals surface area contributed by atoms with Gasteiger partial charge in [0, 0.05) is 19.7 Å². The zero-order valence-corrected chi connectivity index (χ0v) is 24.1. The number of benzene rings is 6. The van der Waals surface area contributed by atoms with Crippen molar-refractivity contribution >= 4 is 93.7 Å². The Morgan fingerprint density at radius 3 is 1.43 bits per heavy atom. The molecule has 0 saturated carbocycles. The average molecular weight is 648 g/mol. The second kappa shape index (κ2) is 10.2.